The van der Waals surface area contributed by atoms with Crippen LogP contribution in [-0.4, -0.2) is 30.1 Å². The van der Waals surface area contributed by atoms with E-state index in [2.05, 4.69) is 9.72 Å². The van der Waals surface area contributed by atoms with E-state index in [1.165, 1.54) is 0 Å². The predicted octanol–water partition coefficient (Wildman–Crippen LogP) is 4.58. The Hall–Kier alpha value is -0.460. The Balaban J connectivity index is 2.19. The molecule has 0 fully saturated rings. The summed E-state index contributed by atoms with van der Waals surface area (Å²) in [6.45, 7) is 0.949. The average Bonchev–Trinajstić information content (AvgIpc) is 2.38. The maximum atomic E-state index is 11.8. The normalized spacial score (nSPS) is 11.8. The van der Waals surface area contributed by atoms with Gasteiger partial charge in [-0.25, -0.2) is 0 Å². The molecule has 114 valence electrons. The first-order valence-electron chi connectivity index (χ1n) is 6.22. The Kier molecular flexibility index (Phi) is 7.69. The van der Waals surface area contributed by atoms with Gasteiger partial charge in [-0.1, -0.05) is 0 Å². The van der Waals surface area contributed by atoms with Gasteiger partial charge in [0.05, 0.1) is 11.6 Å². The monoisotopic (exact) mass is 327 g/mol. The molecule has 0 saturated heterocycles. The van der Waals surface area contributed by atoms with E-state index in [0.29, 0.717) is 12.3 Å². The van der Waals surface area contributed by atoms with Gasteiger partial charge in [-0.05, 0) is 37.1 Å². The van der Waals surface area contributed by atoms with Crippen molar-refractivity contribution in [3.8, 4) is 0 Å². The molecule has 1 aromatic rings. The Morgan fingerprint density at radius 2 is 2.10 bits per heavy atom. The molecule has 0 N–H and O–H groups in total. The molecule has 1 rings (SSSR count). The Morgan fingerprint density at radius 1 is 1.35 bits per heavy atom. The molecule has 0 aliphatic carbocycles. The van der Waals surface area contributed by atoms with Crippen molar-refractivity contribution >= 4 is 23.4 Å². The molecule has 20 heavy (non-hydrogen) atoms. The van der Waals surface area contributed by atoms with Crippen LogP contribution in [0.5, 0.6) is 0 Å². The molecule has 0 amide bonds. The molecule has 0 aliphatic rings. The summed E-state index contributed by atoms with van der Waals surface area (Å²) in [6.07, 6.45) is -1.09. The standard InChI is InChI=1S/C13H17ClF3NOS/c1-10-11(8-14)18-5-4-12(10)20-7-3-2-6-19-9-13(15,16)17/h4-5H,2-3,6-9H2,1H3. The zero-order valence-corrected chi connectivity index (χ0v) is 12.7. The second-order valence-corrected chi connectivity index (χ2v) is 5.64. The largest absolute Gasteiger partial charge is 0.411 e. The van der Waals surface area contributed by atoms with E-state index in [9.17, 15) is 13.2 Å². The van der Waals surface area contributed by atoms with E-state index in [0.717, 1.165) is 28.3 Å². The molecule has 0 saturated carbocycles. The highest BCUT2D eigenvalue weighted by Crippen LogP contribution is 2.25. The van der Waals surface area contributed by atoms with Crippen molar-refractivity contribution in [3.05, 3.63) is 23.5 Å². The van der Waals surface area contributed by atoms with Crippen molar-refractivity contribution < 1.29 is 17.9 Å². The summed E-state index contributed by atoms with van der Waals surface area (Å²) in [5.74, 6) is 1.22. The molecule has 1 aromatic heterocycles. The van der Waals surface area contributed by atoms with E-state index in [4.69, 9.17) is 11.6 Å². The van der Waals surface area contributed by atoms with Gasteiger partial charge in [0.1, 0.15) is 6.61 Å². The van der Waals surface area contributed by atoms with Gasteiger partial charge >= 0.3 is 6.18 Å². The van der Waals surface area contributed by atoms with Crippen LogP contribution in [0.1, 0.15) is 24.1 Å². The molecule has 0 unspecified atom stereocenters. The maximum absolute atomic E-state index is 11.8. The number of ether oxygens (including phenoxy) is 1. The van der Waals surface area contributed by atoms with Gasteiger partial charge in [0.2, 0.25) is 0 Å². The van der Waals surface area contributed by atoms with E-state index in [1.807, 2.05) is 13.0 Å². The minimum absolute atomic E-state index is 0.141. The molecule has 1 heterocycles. The lowest BCUT2D eigenvalue weighted by Gasteiger charge is -2.09. The van der Waals surface area contributed by atoms with E-state index >= 15 is 0 Å². The molecule has 0 bridgehead atoms. The molecule has 0 radical (unpaired) electrons. The van der Waals surface area contributed by atoms with Crippen LogP contribution in [0.3, 0.4) is 0 Å². The lowest BCUT2D eigenvalue weighted by atomic mass is 10.2. The number of alkyl halides is 4. The van der Waals surface area contributed by atoms with Crippen LogP contribution in [0.25, 0.3) is 0 Å². The van der Waals surface area contributed by atoms with Crippen molar-refractivity contribution in [1.82, 2.24) is 4.98 Å². The van der Waals surface area contributed by atoms with Crippen LogP contribution in [0, 0.1) is 6.92 Å². The third-order valence-electron chi connectivity index (χ3n) is 2.59. The maximum Gasteiger partial charge on any atom is 0.411 e. The summed E-state index contributed by atoms with van der Waals surface area (Å²) in [4.78, 5) is 5.29. The van der Waals surface area contributed by atoms with Crippen LogP contribution in [0.15, 0.2) is 17.2 Å². The topological polar surface area (TPSA) is 22.1 Å². The fourth-order valence-electron chi connectivity index (χ4n) is 1.53. The number of aromatic nitrogens is 1. The molecule has 0 aromatic carbocycles. The number of hydrogen-bond donors (Lipinski definition) is 0. The van der Waals surface area contributed by atoms with Gasteiger partial charge < -0.3 is 4.74 Å². The van der Waals surface area contributed by atoms with Gasteiger partial charge in [-0.15, -0.1) is 23.4 Å². The fraction of sp³-hybridized carbons (Fsp3) is 0.615. The molecule has 7 heteroatoms. The predicted molar refractivity (Wildman–Crippen MR) is 75.4 cm³/mol. The molecular weight excluding hydrogens is 311 g/mol. The van der Waals surface area contributed by atoms with Crippen LogP contribution in [0.2, 0.25) is 0 Å². The molecule has 0 aliphatic heterocycles. The Bertz CT molecular complexity index is 415. The van der Waals surface area contributed by atoms with Gasteiger partial charge in [0.25, 0.3) is 0 Å². The smallest absolute Gasteiger partial charge is 0.372 e. The SMILES string of the molecule is Cc1c(SCCCCOCC(F)(F)F)ccnc1CCl. The number of hydrogen-bond acceptors (Lipinski definition) is 3. The number of nitrogens with zero attached hydrogens (tertiary/aromatic N) is 1. The fourth-order valence-corrected chi connectivity index (χ4v) is 2.86. The highest BCUT2D eigenvalue weighted by Gasteiger charge is 2.27. The van der Waals surface area contributed by atoms with Crippen molar-refractivity contribution in [2.45, 2.75) is 36.7 Å². The zero-order valence-electron chi connectivity index (χ0n) is 11.2. The van der Waals surface area contributed by atoms with E-state index in [1.54, 1.807) is 18.0 Å². The summed E-state index contributed by atoms with van der Waals surface area (Å²) >= 11 is 7.44. The lowest BCUT2D eigenvalue weighted by molar-refractivity contribution is -0.174. The van der Waals surface area contributed by atoms with E-state index in [-0.39, 0.29) is 6.61 Å². The number of pyridine rings is 1. The first-order chi connectivity index (χ1) is 9.44. The summed E-state index contributed by atoms with van der Waals surface area (Å²) in [5, 5.41) is 0. The quantitative estimate of drug-likeness (QED) is 0.396. The minimum atomic E-state index is -4.24. The average molecular weight is 328 g/mol. The number of halogens is 4. The first kappa shape index (κ1) is 17.6. The van der Waals surface area contributed by atoms with Crippen LogP contribution in [0.4, 0.5) is 13.2 Å². The van der Waals surface area contributed by atoms with Crippen LogP contribution < -0.4 is 0 Å². The van der Waals surface area contributed by atoms with Crippen LogP contribution in [-0.2, 0) is 10.6 Å². The second kappa shape index (κ2) is 8.74. The van der Waals surface area contributed by atoms with Gasteiger partial charge in [-0.3, -0.25) is 4.98 Å². The summed E-state index contributed by atoms with van der Waals surface area (Å²) in [5.41, 5.74) is 1.94. The Morgan fingerprint density at radius 3 is 2.75 bits per heavy atom. The van der Waals surface area contributed by atoms with Crippen LogP contribution >= 0.6 is 23.4 Å². The number of unbranched alkanes of at least 4 members (excludes halogenated alkanes) is 1. The highest BCUT2D eigenvalue weighted by atomic mass is 35.5. The van der Waals surface area contributed by atoms with E-state index < -0.39 is 12.8 Å². The zero-order chi connectivity index (χ0) is 15.0. The number of thioether (sulfide) groups is 1. The van der Waals surface area contributed by atoms with Crippen molar-refractivity contribution in [3.63, 3.8) is 0 Å². The third-order valence-corrected chi connectivity index (χ3v) is 4.09. The summed E-state index contributed by atoms with van der Waals surface area (Å²) in [7, 11) is 0. The molecule has 0 spiro atoms. The van der Waals surface area contributed by atoms with Gasteiger partial charge in [0, 0.05) is 17.7 Å². The van der Waals surface area contributed by atoms with Gasteiger partial charge in [0.15, 0.2) is 0 Å². The summed E-state index contributed by atoms with van der Waals surface area (Å²) < 4.78 is 40.0. The van der Waals surface area contributed by atoms with Gasteiger partial charge in [-0.2, -0.15) is 13.2 Å². The van der Waals surface area contributed by atoms with Crippen molar-refractivity contribution in [2.24, 2.45) is 0 Å². The highest BCUT2D eigenvalue weighted by molar-refractivity contribution is 7.99. The van der Waals surface area contributed by atoms with Crippen molar-refractivity contribution in [1.29, 1.82) is 0 Å². The molecular formula is C13H17ClF3NOS. The number of rotatable bonds is 8. The third kappa shape index (κ3) is 6.81. The molecule has 0 atom stereocenters. The minimum Gasteiger partial charge on any atom is -0.372 e. The first-order valence-corrected chi connectivity index (χ1v) is 7.74. The van der Waals surface area contributed by atoms with Crippen molar-refractivity contribution in [2.75, 3.05) is 19.0 Å². The Labute approximate surface area is 126 Å². The lowest BCUT2D eigenvalue weighted by Crippen LogP contribution is -2.17. The second-order valence-electron chi connectivity index (χ2n) is 4.24. The molecule has 2 nitrogen and oxygen atoms in total. The summed E-state index contributed by atoms with van der Waals surface area (Å²) in [6, 6.07) is 1.93.